The molecule has 2 N–H and O–H groups in total. The van der Waals surface area contributed by atoms with E-state index >= 15 is 0 Å². The van der Waals surface area contributed by atoms with Gasteiger partial charge in [0.25, 0.3) is 0 Å². The van der Waals surface area contributed by atoms with Crippen molar-refractivity contribution in [3.05, 3.63) is 47.1 Å². The predicted molar refractivity (Wildman–Crippen MR) is 125 cm³/mol. The van der Waals surface area contributed by atoms with Crippen LogP contribution in [0.1, 0.15) is 73.6 Å². The van der Waals surface area contributed by atoms with Gasteiger partial charge in [0.2, 0.25) is 0 Å². The molecule has 0 saturated heterocycles. The fraction of sp³-hybridized carbons (Fsp3) is 0.679. The Kier molecular flexibility index (Phi) is 5.54. The third-order valence-corrected chi connectivity index (χ3v) is 9.56. The molecule has 3 heteroatoms. The normalized spacial score (nSPS) is 41.8. The average Bonchev–Trinajstić information content (AvgIpc) is 2.98. The maximum Gasteiger partial charge on any atom is 0.156 e. The second-order valence-electron chi connectivity index (χ2n) is 11.5. The zero-order chi connectivity index (χ0) is 22.8. The van der Waals surface area contributed by atoms with Crippen molar-refractivity contribution < 1.29 is 15.0 Å². The summed E-state index contributed by atoms with van der Waals surface area (Å²) in [5.41, 5.74) is 1.34. The van der Waals surface area contributed by atoms with Gasteiger partial charge in [0.15, 0.2) is 5.78 Å². The molecule has 1 saturated carbocycles. The second-order valence-corrected chi connectivity index (χ2v) is 11.5. The number of allylic oxidation sites excluding steroid dienone is 4. The quantitative estimate of drug-likeness (QED) is 0.582. The van der Waals surface area contributed by atoms with Gasteiger partial charge in [0, 0.05) is 11.8 Å². The Hall–Kier alpha value is -1.45. The third kappa shape index (κ3) is 3.26. The Balaban J connectivity index is 1.75. The van der Waals surface area contributed by atoms with Crippen molar-refractivity contribution in [3.63, 3.8) is 0 Å². The Morgan fingerprint density at radius 3 is 2.45 bits per heavy atom. The molecule has 7 atom stereocenters. The number of rotatable bonds is 4. The van der Waals surface area contributed by atoms with Crippen LogP contribution in [0.4, 0.5) is 0 Å². The molecule has 31 heavy (non-hydrogen) atoms. The van der Waals surface area contributed by atoms with Gasteiger partial charge in [0.1, 0.15) is 0 Å². The molecule has 170 valence electrons. The first kappa shape index (κ1) is 22.7. The molecule has 4 aliphatic rings. The molecular weight excluding hydrogens is 384 g/mol. The minimum Gasteiger partial charge on any atom is -0.389 e. The van der Waals surface area contributed by atoms with Crippen LogP contribution in [0.15, 0.2) is 47.1 Å². The lowest BCUT2D eigenvalue weighted by Gasteiger charge is -2.56. The Morgan fingerprint density at radius 2 is 1.77 bits per heavy atom. The smallest absolute Gasteiger partial charge is 0.156 e. The van der Waals surface area contributed by atoms with Crippen LogP contribution in [0, 0.1) is 34.5 Å². The first-order chi connectivity index (χ1) is 14.4. The van der Waals surface area contributed by atoms with Crippen LogP contribution in [-0.2, 0) is 4.79 Å². The minimum atomic E-state index is -1.01. The number of ketones is 1. The van der Waals surface area contributed by atoms with Gasteiger partial charge in [-0.05, 0) is 77.6 Å². The van der Waals surface area contributed by atoms with Crippen LogP contribution in [0.2, 0.25) is 0 Å². The highest BCUT2D eigenvalue weighted by Gasteiger charge is 2.61. The molecule has 0 spiro atoms. The highest BCUT2D eigenvalue weighted by molar-refractivity contribution is 5.92. The molecule has 0 aromatic carbocycles. The highest BCUT2D eigenvalue weighted by atomic mass is 16.3. The topological polar surface area (TPSA) is 57.5 Å². The van der Waals surface area contributed by atoms with E-state index in [-0.39, 0.29) is 11.2 Å². The van der Waals surface area contributed by atoms with Gasteiger partial charge in [-0.25, -0.2) is 0 Å². The molecule has 0 aromatic heterocycles. The molecule has 4 rings (SSSR count). The Morgan fingerprint density at radius 1 is 1.06 bits per heavy atom. The molecule has 0 heterocycles. The van der Waals surface area contributed by atoms with E-state index in [1.165, 1.54) is 0 Å². The summed E-state index contributed by atoms with van der Waals surface area (Å²) >= 11 is 0. The van der Waals surface area contributed by atoms with E-state index in [9.17, 15) is 15.0 Å². The van der Waals surface area contributed by atoms with Gasteiger partial charge in [0.05, 0.1) is 11.7 Å². The van der Waals surface area contributed by atoms with Crippen molar-refractivity contribution in [1.82, 2.24) is 0 Å². The van der Waals surface area contributed by atoms with E-state index in [1.54, 1.807) is 6.08 Å². The van der Waals surface area contributed by atoms with Gasteiger partial charge in [-0.2, -0.15) is 0 Å². The predicted octanol–water partition coefficient (Wildman–Crippen LogP) is 5.54. The van der Waals surface area contributed by atoms with Crippen molar-refractivity contribution in [2.24, 2.45) is 34.5 Å². The zero-order valence-corrected chi connectivity index (χ0v) is 20.1. The molecule has 1 fully saturated rings. The maximum atomic E-state index is 12.1. The maximum absolute atomic E-state index is 12.1. The first-order valence-corrected chi connectivity index (χ1v) is 12.2. The van der Waals surface area contributed by atoms with E-state index in [0.717, 1.165) is 29.6 Å². The summed E-state index contributed by atoms with van der Waals surface area (Å²) in [6.07, 6.45) is 13.4. The molecular formula is C28H40O3. The average molecular weight is 425 g/mol. The molecule has 1 unspecified atom stereocenters. The number of carbonyl (C=O) groups is 1. The van der Waals surface area contributed by atoms with Crippen molar-refractivity contribution in [2.45, 2.75) is 85.4 Å². The molecule has 0 radical (unpaired) electrons. The summed E-state index contributed by atoms with van der Waals surface area (Å²) in [4.78, 5) is 12.0. The fourth-order valence-electron chi connectivity index (χ4n) is 6.88. The molecule has 0 aromatic rings. The minimum absolute atomic E-state index is 0.113. The Bertz CT molecular complexity index is 890. The summed E-state index contributed by atoms with van der Waals surface area (Å²) in [6.45, 7) is 13.5. The summed E-state index contributed by atoms with van der Waals surface area (Å²) in [6, 6.07) is 0. The fourth-order valence-corrected chi connectivity index (χ4v) is 6.88. The van der Waals surface area contributed by atoms with Gasteiger partial charge in [-0.3, -0.25) is 4.79 Å². The van der Waals surface area contributed by atoms with Gasteiger partial charge in [-0.15, -0.1) is 0 Å². The van der Waals surface area contributed by atoms with Gasteiger partial charge < -0.3 is 10.2 Å². The standard InChI is InChI=1S/C28H40O3/c1-17(2)18(3)7-8-19(4)23-16-24(30)25-22-10-9-20-15-21(29)11-12-27(20,6)28(22,31)14-13-26(23,25)5/h7-10,15,17-19,23-24,30-31H,11-14,16H2,1-6H3/b8-7+/t18-,19+,23?,24+,26+,27-,28+/m0/s1. The number of aliphatic hydroxyl groups is 2. The van der Waals surface area contributed by atoms with Crippen LogP contribution >= 0.6 is 0 Å². The van der Waals surface area contributed by atoms with Crippen molar-refractivity contribution in [2.75, 3.05) is 0 Å². The highest BCUT2D eigenvalue weighted by Crippen LogP contribution is 2.65. The van der Waals surface area contributed by atoms with Crippen molar-refractivity contribution in [1.29, 1.82) is 0 Å². The molecule has 4 aliphatic carbocycles. The number of hydrogen-bond donors (Lipinski definition) is 2. The van der Waals surface area contributed by atoms with Crippen LogP contribution in [-0.4, -0.2) is 27.7 Å². The van der Waals surface area contributed by atoms with Gasteiger partial charge in [-0.1, -0.05) is 65.8 Å². The van der Waals surface area contributed by atoms with Crippen LogP contribution in [0.3, 0.4) is 0 Å². The SMILES string of the molecule is CC(C)[C@@H](C)/C=C/[C@@H](C)C1C[C@@H](O)C2=C3C=CC4=CC(=O)CC[C@]4(C)[C@@]3(O)CC[C@@]21C. The first-order valence-electron chi connectivity index (χ1n) is 12.2. The van der Waals surface area contributed by atoms with E-state index in [2.05, 4.69) is 53.7 Å². The van der Waals surface area contributed by atoms with Crippen molar-refractivity contribution in [3.8, 4) is 0 Å². The number of hydrogen-bond acceptors (Lipinski definition) is 3. The van der Waals surface area contributed by atoms with E-state index in [1.807, 2.05) is 12.2 Å². The Labute approximate surface area is 188 Å². The third-order valence-electron chi connectivity index (χ3n) is 9.56. The van der Waals surface area contributed by atoms with E-state index in [0.29, 0.717) is 42.9 Å². The summed E-state index contributed by atoms with van der Waals surface area (Å²) < 4.78 is 0. The number of fused-ring (bicyclic) bond motifs is 4. The van der Waals surface area contributed by atoms with E-state index < -0.39 is 17.1 Å². The summed E-state index contributed by atoms with van der Waals surface area (Å²) in [5.74, 6) is 2.03. The van der Waals surface area contributed by atoms with E-state index in [4.69, 9.17) is 0 Å². The molecule has 0 bridgehead atoms. The lowest BCUT2D eigenvalue weighted by molar-refractivity contribution is -0.118. The van der Waals surface area contributed by atoms with Crippen LogP contribution in [0.5, 0.6) is 0 Å². The molecule has 0 amide bonds. The second kappa shape index (κ2) is 7.56. The largest absolute Gasteiger partial charge is 0.389 e. The van der Waals surface area contributed by atoms with Gasteiger partial charge >= 0.3 is 0 Å². The number of aliphatic hydroxyl groups excluding tert-OH is 1. The monoisotopic (exact) mass is 424 g/mol. The molecule has 3 nitrogen and oxygen atoms in total. The zero-order valence-electron chi connectivity index (χ0n) is 20.1. The lowest BCUT2D eigenvalue weighted by Crippen LogP contribution is -2.55. The van der Waals surface area contributed by atoms with Crippen LogP contribution in [0.25, 0.3) is 0 Å². The molecule has 0 aliphatic heterocycles. The van der Waals surface area contributed by atoms with Crippen molar-refractivity contribution >= 4 is 5.78 Å². The number of carbonyl (C=O) groups excluding carboxylic acids is 1. The lowest BCUT2D eigenvalue weighted by atomic mass is 9.51. The van der Waals surface area contributed by atoms with Crippen LogP contribution < -0.4 is 0 Å². The summed E-state index contributed by atoms with van der Waals surface area (Å²) in [5, 5.41) is 23.3. The summed E-state index contributed by atoms with van der Waals surface area (Å²) in [7, 11) is 0.